The average molecular weight is 391 g/mol. The maximum Gasteiger partial charge on any atom is 0.335 e. The van der Waals surface area contributed by atoms with E-state index in [2.05, 4.69) is 10.4 Å². The van der Waals surface area contributed by atoms with Gasteiger partial charge < -0.3 is 10.4 Å². The Labute approximate surface area is 165 Å². The number of fused-ring (bicyclic) bond motifs is 1. The molecule has 4 rings (SSSR count). The number of benzene rings is 2. The molecule has 0 saturated heterocycles. The first-order valence-electron chi connectivity index (χ1n) is 8.64. The van der Waals surface area contributed by atoms with E-state index in [0.29, 0.717) is 11.4 Å². The van der Waals surface area contributed by atoms with Gasteiger partial charge in [0.2, 0.25) is 0 Å². The quantitative estimate of drug-likeness (QED) is 0.540. The Hall–Kier alpha value is -3.45. The summed E-state index contributed by atoms with van der Waals surface area (Å²) in [6, 6.07) is 16.3. The second-order valence-electron chi connectivity index (χ2n) is 6.37. The van der Waals surface area contributed by atoms with Gasteiger partial charge in [-0.3, -0.25) is 9.48 Å². The second kappa shape index (κ2) is 7.28. The summed E-state index contributed by atoms with van der Waals surface area (Å²) in [5.74, 6) is -1.11. The first kappa shape index (κ1) is 17.9. The molecule has 0 saturated carbocycles. The Kier molecular flexibility index (Phi) is 4.67. The van der Waals surface area contributed by atoms with Crippen LogP contribution in [0.1, 0.15) is 25.6 Å². The Balaban J connectivity index is 1.56. The highest BCUT2D eigenvalue weighted by Crippen LogP contribution is 2.26. The maximum absolute atomic E-state index is 12.6. The van der Waals surface area contributed by atoms with Gasteiger partial charge in [-0.1, -0.05) is 36.4 Å². The molecule has 6 nitrogen and oxygen atoms in total. The number of thiophene rings is 1. The number of hydrogen-bond donors (Lipinski definition) is 2. The normalized spacial score (nSPS) is 10.9. The number of carbonyl (C=O) groups excluding carboxylic acids is 1. The van der Waals surface area contributed by atoms with Crippen molar-refractivity contribution in [3.8, 4) is 11.1 Å². The standard InChI is InChI=1S/C21H17N3O3S/c1-24-20-16(12-23-24)10-18(28-20)19(25)22-11-15-5-2-3-8-17(15)13-6-4-7-14(9-13)21(26)27/h2-10,12H,11H2,1H3,(H,22,25)(H,26,27). The number of carbonyl (C=O) groups is 2. The van der Waals surface area contributed by atoms with Crippen molar-refractivity contribution in [3.05, 3.63) is 76.8 Å². The van der Waals surface area contributed by atoms with Crippen molar-refractivity contribution >= 4 is 33.4 Å². The number of carboxylic acid groups (broad SMARTS) is 1. The monoisotopic (exact) mass is 391 g/mol. The molecule has 7 heteroatoms. The fourth-order valence-electron chi connectivity index (χ4n) is 3.09. The molecule has 2 aromatic carbocycles. The lowest BCUT2D eigenvalue weighted by atomic mass is 9.98. The number of nitrogens with zero attached hydrogens (tertiary/aromatic N) is 2. The van der Waals surface area contributed by atoms with Gasteiger partial charge in [0.25, 0.3) is 5.91 Å². The third-order valence-electron chi connectivity index (χ3n) is 4.51. The molecule has 140 valence electrons. The first-order valence-corrected chi connectivity index (χ1v) is 9.46. The Morgan fingerprint density at radius 2 is 1.96 bits per heavy atom. The van der Waals surface area contributed by atoms with E-state index >= 15 is 0 Å². The predicted molar refractivity (Wildman–Crippen MR) is 109 cm³/mol. The van der Waals surface area contributed by atoms with Crippen molar-refractivity contribution in [2.45, 2.75) is 6.54 Å². The predicted octanol–water partition coefficient (Wildman–Crippen LogP) is 3.93. The van der Waals surface area contributed by atoms with Crippen LogP contribution in [0.2, 0.25) is 0 Å². The molecule has 0 aliphatic heterocycles. The van der Waals surface area contributed by atoms with Gasteiger partial charge in [-0.05, 0) is 34.9 Å². The molecular weight excluding hydrogens is 374 g/mol. The van der Waals surface area contributed by atoms with Gasteiger partial charge >= 0.3 is 5.97 Å². The molecule has 0 bridgehead atoms. The zero-order valence-corrected chi connectivity index (χ0v) is 15.9. The van der Waals surface area contributed by atoms with Gasteiger partial charge in [-0.25, -0.2) is 4.79 Å². The van der Waals surface area contributed by atoms with E-state index < -0.39 is 5.97 Å². The Morgan fingerprint density at radius 3 is 2.75 bits per heavy atom. The summed E-state index contributed by atoms with van der Waals surface area (Å²) >= 11 is 1.40. The highest BCUT2D eigenvalue weighted by atomic mass is 32.1. The molecule has 0 radical (unpaired) electrons. The number of rotatable bonds is 5. The van der Waals surface area contributed by atoms with Gasteiger partial charge in [0.1, 0.15) is 4.83 Å². The second-order valence-corrected chi connectivity index (χ2v) is 7.40. The van der Waals surface area contributed by atoms with Gasteiger partial charge in [0.05, 0.1) is 16.6 Å². The summed E-state index contributed by atoms with van der Waals surface area (Å²) in [4.78, 5) is 25.4. The zero-order chi connectivity index (χ0) is 19.7. The lowest BCUT2D eigenvalue weighted by molar-refractivity contribution is 0.0696. The third kappa shape index (κ3) is 3.39. The molecule has 2 N–H and O–H groups in total. The molecule has 0 aliphatic rings. The van der Waals surface area contributed by atoms with E-state index in [9.17, 15) is 14.7 Å². The third-order valence-corrected chi connectivity index (χ3v) is 5.72. The summed E-state index contributed by atoms with van der Waals surface area (Å²) in [5, 5.41) is 17.3. The van der Waals surface area contributed by atoms with Crippen LogP contribution in [-0.4, -0.2) is 26.8 Å². The maximum atomic E-state index is 12.6. The molecule has 28 heavy (non-hydrogen) atoms. The highest BCUT2D eigenvalue weighted by Gasteiger charge is 2.14. The van der Waals surface area contributed by atoms with E-state index in [0.717, 1.165) is 26.9 Å². The van der Waals surface area contributed by atoms with Crippen LogP contribution in [-0.2, 0) is 13.6 Å². The average Bonchev–Trinajstić information content (AvgIpc) is 3.28. The van der Waals surface area contributed by atoms with Crippen LogP contribution in [0.3, 0.4) is 0 Å². The number of aromatic carboxylic acids is 1. The van der Waals surface area contributed by atoms with Gasteiger partial charge in [0, 0.05) is 19.0 Å². The summed E-state index contributed by atoms with van der Waals surface area (Å²) in [7, 11) is 1.85. The molecule has 0 spiro atoms. The van der Waals surface area contributed by atoms with E-state index in [-0.39, 0.29) is 11.5 Å². The van der Waals surface area contributed by atoms with Gasteiger partial charge in [-0.2, -0.15) is 5.10 Å². The van der Waals surface area contributed by atoms with Gasteiger partial charge in [0.15, 0.2) is 0 Å². The largest absolute Gasteiger partial charge is 0.478 e. The molecular formula is C21H17N3O3S. The minimum atomic E-state index is -0.966. The van der Waals surface area contributed by atoms with Crippen LogP contribution in [0.25, 0.3) is 21.3 Å². The Morgan fingerprint density at radius 1 is 1.14 bits per heavy atom. The summed E-state index contributed by atoms with van der Waals surface area (Å²) < 4.78 is 1.75. The van der Waals surface area contributed by atoms with Crippen molar-refractivity contribution < 1.29 is 14.7 Å². The van der Waals surface area contributed by atoms with E-state index in [1.165, 1.54) is 11.3 Å². The van der Waals surface area contributed by atoms with Gasteiger partial charge in [-0.15, -0.1) is 11.3 Å². The van der Waals surface area contributed by atoms with Crippen molar-refractivity contribution in [2.24, 2.45) is 7.05 Å². The highest BCUT2D eigenvalue weighted by molar-refractivity contribution is 7.20. The summed E-state index contributed by atoms with van der Waals surface area (Å²) in [5.41, 5.74) is 2.85. The van der Waals surface area contributed by atoms with Crippen molar-refractivity contribution in [1.82, 2.24) is 15.1 Å². The molecule has 0 atom stereocenters. The first-order chi connectivity index (χ1) is 13.5. The summed E-state index contributed by atoms with van der Waals surface area (Å²) in [6.45, 7) is 0.346. The number of hydrogen-bond acceptors (Lipinski definition) is 4. The van der Waals surface area contributed by atoms with Crippen molar-refractivity contribution in [2.75, 3.05) is 0 Å². The van der Waals surface area contributed by atoms with Crippen LogP contribution >= 0.6 is 11.3 Å². The van der Waals surface area contributed by atoms with Crippen LogP contribution in [0.15, 0.2) is 60.8 Å². The van der Waals surface area contributed by atoms with E-state index in [1.807, 2.05) is 43.4 Å². The van der Waals surface area contributed by atoms with Crippen molar-refractivity contribution in [3.63, 3.8) is 0 Å². The molecule has 0 fully saturated rings. The fraction of sp³-hybridized carbons (Fsp3) is 0.0952. The molecule has 2 heterocycles. The molecule has 0 unspecified atom stereocenters. The number of nitrogens with one attached hydrogen (secondary N) is 1. The lowest BCUT2D eigenvalue weighted by Gasteiger charge is -2.11. The number of aromatic nitrogens is 2. The number of carboxylic acids is 1. The lowest BCUT2D eigenvalue weighted by Crippen LogP contribution is -2.22. The summed E-state index contributed by atoms with van der Waals surface area (Å²) in [6.07, 6.45) is 1.74. The Bertz CT molecular complexity index is 1190. The van der Waals surface area contributed by atoms with Crippen LogP contribution in [0.4, 0.5) is 0 Å². The number of amides is 1. The minimum absolute atomic E-state index is 0.143. The van der Waals surface area contributed by atoms with E-state index in [4.69, 9.17) is 0 Å². The minimum Gasteiger partial charge on any atom is -0.478 e. The van der Waals surface area contributed by atoms with Crippen LogP contribution in [0.5, 0.6) is 0 Å². The SMILES string of the molecule is Cn1ncc2cc(C(=O)NCc3ccccc3-c3cccc(C(=O)O)c3)sc21. The molecule has 4 aromatic rings. The smallest absolute Gasteiger partial charge is 0.335 e. The molecule has 1 amide bonds. The zero-order valence-electron chi connectivity index (χ0n) is 15.0. The van der Waals surface area contributed by atoms with Crippen LogP contribution < -0.4 is 5.32 Å². The van der Waals surface area contributed by atoms with E-state index in [1.54, 1.807) is 29.1 Å². The molecule has 2 aromatic heterocycles. The topological polar surface area (TPSA) is 84.2 Å². The fourth-order valence-corrected chi connectivity index (χ4v) is 4.06. The van der Waals surface area contributed by atoms with Crippen molar-refractivity contribution in [1.29, 1.82) is 0 Å². The number of aryl methyl sites for hydroxylation is 1. The molecule has 0 aliphatic carbocycles. The van der Waals surface area contributed by atoms with Crippen LogP contribution in [0, 0.1) is 0 Å².